The Kier molecular flexibility index (Phi) is 5.62. The molecule has 0 radical (unpaired) electrons. The van der Waals surface area contributed by atoms with Gasteiger partial charge in [-0.25, -0.2) is 13.2 Å². The van der Waals surface area contributed by atoms with Crippen molar-refractivity contribution < 1.29 is 17.9 Å². The van der Waals surface area contributed by atoms with Crippen molar-refractivity contribution in [2.45, 2.75) is 11.4 Å². The quantitative estimate of drug-likeness (QED) is 0.583. The summed E-state index contributed by atoms with van der Waals surface area (Å²) in [5, 5.41) is 4.13. The summed E-state index contributed by atoms with van der Waals surface area (Å²) in [4.78, 5) is 11.8. The lowest BCUT2D eigenvalue weighted by Gasteiger charge is -2.12. The molecule has 1 N–H and O–H groups in total. The summed E-state index contributed by atoms with van der Waals surface area (Å²) >= 11 is 3.23. The number of nitrogens with zero attached hydrogens (tertiary/aromatic N) is 2. The number of hydrogen-bond donors (Lipinski definition) is 1. The molecule has 2 aromatic carbocycles. The molecule has 0 spiro atoms. The van der Waals surface area contributed by atoms with E-state index in [2.05, 4.69) is 25.8 Å². The highest BCUT2D eigenvalue weighted by atomic mass is 79.9. The normalized spacial score (nSPS) is 11.2. The summed E-state index contributed by atoms with van der Waals surface area (Å²) in [5.74, 6) is -0.732. The van der Waals surface area contributed by atoms with Crippen molar-refractivity contribution in [3.05, 3.63) is 76.5 Å². The maximum atomic E-state index is 12.8. The minimum Gasteiger partial charge on any atom is -0.465 e. The van der Waals surface area contributed by atoms with E-state index in [9.17, 15) is 13.2 Å². The first-order chi connectivity index (χ1) is 12.9. The number of rotatable bonds is 6. The van der Waals surface area contributed by atoms with Gasteiger partial charge in [0.1, 0.15) is 4.90 Å². The molecule has 7 nitrogen and oxygen atoms in total. The Balaban J connectivity index is 1.90. The Morgan fingerprint density at radius 2 is 2.04 bits per heavy atom. The molecule has 0 atom stereocenters. The molecule has 0 bridgehead atoms. The van der Waals surface area contributed by atoms with Crippen molar-refractivity contribution in [2.75, 3.05) is 11.8 Å². The second kappa shape index (κ2) is 7.93. The molecule has 140 valence electrons. The van der Waals surface area contributed by atoms with Gasteiger partial charge in [0.25, 0.3) is 10.0 Å². The Morgan fingerprint density at radius 3 is 2.74 bits per heavy atom. The second-order valence-corrected chi connectivity index (χ2v) is 8.21. The van der Waals surface area contributed by atoms with Crippen molar-refractivity contribution in [3.8, 4) is 0 Å². The van der Waals surface area contributed by atoms with Gasteiger partial charge in [0.2, 0.25) is 0 Å². The predicted octanol–water partition coefficient (Wildman–Crippen LogP) is 3.28. The molecule has 0 aliphatic heterocycles. The fraction of sp³-hybridized carbons (Fsp3) is 0.111. The number of anilines is 1. The van der Waals surface area contributed by atoms with Gasteiger partial charge in [-0.2, -0.15) is 5.10 Å². The van der Waals surface area contributed by atoms with Crippen LogP contribution in [0.25, 0.3) is 0 Å². The van der Waals surface area contributed by atoms with E-state index in [1.165, 1.54) is 19.2 Å². The summed E-state index contributed by atoms with van der Waals surface area (Å²) in [7, 11) is -2.79. The van der Waals surface area contributed by atoms with Crippen LogP contribution >= 0.6 is 15.9 Å². The van der Waals surface area contributed by atoms with E-state index in [0.717, 1.165) is 5.56 Å². The molecular formula is C18H16BrN3O4S. The minimum atomic E-state index is -3.99. The highest BCUT2D eigenvalue weighted by Gasteiger charge is 2.23. The van der Waals surface area contributed by atoms with Crippen molar-refractivity contribution in [3.63, 3.8) is 0 Å². The van der Waals surface area contributed by atoms with Crippen LogP contribution in [0.1, 0.15) is 15.9 Å². The zero-order valence-corrected chi connectivity index (χ0v) is 16.7. The average molecular weight is 450 g/mol. The van der Waals surface area contributed by atoms with Crippen LogP contribution in [0.15, 0.2) is 70.3 Å². The van der Waals surface area contributed by atoms with Crippen molar-refractivity contribution in [2.24, 2.45) is 0 Å². The van der Waals surface area contributed by atoms with Gasteiger partial charge in [0, 0.05) is 22.6 Å². The third-order valence-electron chi connectivity index (χ3n) is 3.72. The van der Waals surface area contributed by atoms with Gasteiger partial charge in [-0.05, 0) is 42.0 Å². The fourth-order valence-corrected chi connectivity index (χ4v) is 4.12. The van der Waals surface area contributed by atoms with E-state index in [1.807, 2.05) is 18.3 Å². The maximum Gasteiger partial charge on any atom is 0.339 e. The molecule has 0 saturated carbocycles. The van der Waals surface area contributed by atoms with Gasteiger partial charge in [-0.3, -0.25) is 9.40 Å². The van der Waals surface area contributed by atoms with Crippen LogP contribution in [0.2, 0.25) is 0 Å². The number of carbonyl (C=O) groups excluding carboxylic acids is 1. The lowest BCUT2D eigenvalue weighted by atomic mass is 10.2. The standard InChI is InChI=1S/C18H16BrN3O4S/c1-26-18(23)16-11-14(19)6-7-17(16)27(24,25)21-15-5-2-4-13(10-15)12-22-9-3-8-20-22/h2-11,21H,12H2,1H3. The van der Waals surface area contributed by atoms with Crippen LogP contribution in [0.4, 0.5) is 5.69 Å². The van der Waals surface area contributed by atoms with Crippen molar-refractivity contribution in [1.29, 1.82) is 0 Å². The third kappa shape index (κ3) is 4.55. The van der Waals surface area contributed by atoms with Gasteiger partial charge < -0.3 is 4.74 Å². The Hall–Kier alpha value is -2.65. The largest absolute Gasteiger partial charge is 0.465 e. The number of ether oxygens (including phenoxy) is 1. The first-order valence-electron chi connectivity index (χ1n) is 7.86. The monoisotopic (exact) mass is 449 g/mol. The number of benzene rings is 2. The van der Waals surface area contributed by atoms with Crippen LogP contribution in [0.3, 0.4) is 0 Å². The Morgan fingerprint density at radius 1 is 1.22 bits per heavy atom. The van der Waals surface area contributed by atoms with Crippen LogP contribution in [0, 0.1) is 0 Å². The number of nitrogens with one attached hydrogen (secondary N) is 1. The van der Waals surface area contributed by atoms with Crippen LogP contribution in [-0.4, -0.2) is 31.3 Å². The van der Waals surface area contributed by atoms with Gasteiger partial charge in [-0.1, -0.05) is 28.1 Å². The fourth-order valence-electron chi connectivity index (χ4n) is 2.53. The molecule has 0 fully saturated rings. The zero-order chi connectivity index (χ0) is 19.4. The maximum absolute atomic E-state index is 12.8. The molecule has 0 unspecified atom stereocenters. The highest BCUT2D eigenvalue weighted by Crippen LogP contribution is 2.24. The zero-order valence-electron chi connectivity index (χ0n) is 14.3. The summed E-state index contributed by atoms with van der Waals surface area (Å²) in [5.41, 5.74) is 1.22. The Bertz CT molecular complexity index is 1070. The summed E-state index contributed by atoms with van der Waals surface area (Å²) in [6, 6.07) is 13.1. The van der Waals surface area contributed by atoms with Gasteiger partial charge in [0.15, 0.2) is 0 Å². The van der Waals surface area contributed by atoms with Gasteiger partial charge >= 0.3 is 5.97 Å². The average Bonchev–Trinajstić information content (AvgIpc) is 3.13. The number of aromatic nitrogens is 2. The lowest BCUT2D eigenvalue weighted by molar-refractivity contribution is 0.0596. The molecule has 0 amide bonds. The van der Waals surface area contributed by atoms with Crippen molar-refractivity contribution >= 4 is 37.6 Å². The molecule has 3 aromatic rings. The highest BCUT2D eigenvalue weighted by molar-refractivity contribution is 9.10. The molecule has 9 heteroatoms. The summed E-state index contributed by atoms with van der Waals surface area (Å²) in [6.45, 7) is 0.508. The molecular weight excluding hydrogens is 434 g/mol. The molecule has 0 saturated heterocycles. The van der Waals surface area contributed by atoms with E-state index in [4.69, 9.17) is 4.74 Å². The lowest BCUT2D eigenvalue weighted by Crippen LogP contribution is -2.17. The molecule has 3 rings (SSSR count). The number of methoxy groups -OCH3 is 1. The minimum absolute atomic E-state index is 0.0490. The summed E-state index contributed by atoms with van der Waals surface area (Å²) in [6.07, 6.45) is 3.50. The topological polar surface area (TPSA) is 90.3 Å². The first-order valence-corrected chi connectivity index (χ1v) is 10.1. The molecule has 0 aliphatic carbocycles. The Labute approximate surface area is 165 Å². The van der Waals surface area contributed by atoms with Crippen LogP contribution in [-0.2, 0) is 21.3 Å². The predicted molar refractivity (Wildman–Crippen MR) is 104 cm³/mol. The number of esters is 1. The number of carbonyl (C=O) groups is 1. The van der Waals surface area contributed by atoms with E-state index >= 15 is 0 Å². The van der Waals surface area contributed by atoms with Gasteiger partial charge in [-0.15, -0.1) is 0 Å². The van der Waals surface area contributed by atoms with Crippen LogP contribution in [0.5, 0.6) is 0 Å². The smallest absolute Gasteiger partial charge is 0.339 e. The molecule has 1 heterocycles. The van der Waals surface area contributed by atoms with E-state index < -0.39 is 16.0 Å². The van der Waals surface area contributed by atoms with E-state index in [0.29, 0.717) is 16.7 Å². The molecule has 27 heavy (non-hydrogen) atoms. The number of hydrogen-bond acceptors (Lipinski definition) is 5. The third-order valence-corrected chi connectivity index (χ3v) is 5.65. The van der Waals surface area contributed by atoms with Crippen LogP contribution < -0.4 is 4.72 Å². The number of sulfonamides is 1. The molecule has 0 aliphatic rings. The summed E-state index contributed by atoms with van der Waals surface area (Å²) < 4.78 is 35.2. The SMILES string of the molecule is COC(=O)c1cc(Br)ccc1S(=O)(=O)Nc1cccc(Cn2cccn2)c1. The first kappa shape index (κ1) is 19.1. The van der Waals surface area contributed by atoms with E-state index in [1.54, 1.807) is 35.1 Å². The second-order valence-electron chi connectivity index (χ2n) is 5.64. The van der Waals surface area contributed by atoms with Crippen molar-refractivity contribution in [1.82, 2.24) is 9.78 Å². The molecule has 1 aromatic heterocycles. The van der Waals surface area contributed by atoms with E-state index in [-0.39, 0.29) is 10.5 Å². The number of halogens is 1. The van der Waals surface area contributed by atoms with Gasteiger partial charge in [0.05, 0.1) is 19.2 Å².